The molecule has 116 valence electrons. The van der Waals surface area contributed by atoms with E-state index in [0.717, 1.165) is 37.0 Å². The van der Waals surface area contributed by atoms with Gasteiger partial charge in [0, 0.05) is 17.5 Å². The lowest BCUT2D eigenvalue weighted by Gasteiger charge is -2.29. The van der Waals surface area contributed by atoms with Crippen molar-refractivity contribution >= 4 is 45.7 Å². The van der Waals surface area contributed by atoms with E-state index in [2.05, 4.69) is 5.32 Å². The highest BCUT2D eigenvalue weighted by molar-refractivity contribution is 7.80. The standard InChI is InChI=1S/C14H15N3O3S2/c18-13-11(6-9-7-12(17(19)20)22-8-9)15-14(21)16(13)10-4-2-1-3-5-10/h6-8,10H,1-5H2,(H,15,21)/b11-6+. The van der Waals surface area contributed by atoms with Gasteiger partial charge in [-0.05, 0) is 36.7 Å². The summed E-state index contributed by atoms with van der Waals surface area (Å²) in [5.41, 5.74) is 1.03. The minimum absolute atomic E-state index is 0.0593. The van der Waals surface area contributed by atoms with E-state index in [0.29, 0.717) is 16.4 Å². The van der Waals surface area contributed by atoms with Crippen molar-refractivity contribution in [3.8, 4) is 0 Å². The lowest BCUT2D eigenvalue weighted by Crippen LogP contribution is -2.41. The molecule has 1 N–H and O–H groups in total. The molecule has 0 bridgehead atoms. The zero-order valence-electron chi connectivity index (χ0n) is 11.8. The van der Waals surface area contributed by atoms with E-state index in [1.165, 1.54) is 12.5 Å². The second kappa shape index (κ2) is 6.13. The molecule has 1 saturated heterocycles. The Kier molecular flexibility index (Phi) is 4.21. The van der Waals surface area contributed by atoms with E-state index in [1.807, 2.05) is 0 Å². The molecule has 22 heavy (non-hydrogen) atoms. The lowest BCUT2D eigenvalue weighted by atomic mass is 9.94. The van der Waals surface area contributed by atoms with Crippen molar-refractivity contribution in [2.75, 3.05) is 0 Å². The van der Waals surface area contributed by atoms with Gasteiger partial charge in [0.25, 0.3) is 5.91 Å². The molecular formula is C14H15N3O3S2. The smallest absolute Gasteiger partial charge is 0.324 e. The number of hydrogen-bond donors (Lipinski definition) is 1. The molecule has 8 heteroatoms. The molecule has 2 aliphatic rings. The second-order valence-electron chi connectivity index (χ2n) is 5.43. The summed E-state index contributed by atoms with van der Waals surface area (Å²) in [5.74, 6) is -0.134. The predicted molar refractivity (Wildman–Crippen MR) is 88.4 cm³/mol. The van der Waals surface area contributed by atoms with Crippen LogP contribution in [0.3, 0.4) is 0 Å². The molecule has 0 aromatic carbocycles. The fraction of sp³-hybridized carbons (Fsp3) is 0.429. The van der Waals surface area contributed by atoms with Gasteiger partial charge in [0.05, 0.1) is 4.92 Å². The fourth-order valence-corrected chi connectivity index (χ4v) is 3.92. The van der Waals surface area contributed by atoms with Gasteiger partial charge in [-0.1, -0.05) is 30.6 Å². The van der Waals surface area contributed by atoms with E-state index in [9.17, 15) is 14.9 Å². The number of nitrogens with zero attached hydrogens (tertiary/aromatic N) is 2. The maximum atomic E-state index is 12.5. The number of hydrogen-bond acceptors (Lipinski definition) is 5. The Hall–Kier alpha value is -1.80. The first-order chi connectivity index (χ1) is 10.6. The van der Waals surface area contributed by atoms with Crippen LogP contribution in [0.25, 0.3) is 6.08 Å². The quantitative estimate of drug-likeness (QED) is 0.397. The van der Waals surface area contributed by atoms with Crippen LogP contribution in [0.5, 0.6) is 0 Å². The maximum absolute atomic E-state index is 12.5. The van der Waals surface area contributed by atoms with Gasteiger partial charge in [-0.2, -0.15) is 0 Å². The molecule has 3 rings (SSSR count). The van der Waals surface area contributed by atoms with Crippen molar-refractivity contribution in [3.05, 3.63) is 32.8 Å². The highest BCUT2D eigenvalue weighted by atomic mass is 32.1. The number of nitrogens with one attached hydrogen (secondary N) is 1. The van der Waals surface area contributed by atoms with Crippen molar-refractivity contribution < 1.29 is 9.72 Å². The van der Waals surface area contributed by atoms with Crippen molar-refractivity contribution in [2.45, 2.75) is 38.1 Å². The van der Waals surface area contributed by atoms with E-state index in [4.69, 9.17) is 12.2 Å². The van der Waals surface area contributed by atoms with Crippen LogP contribution in [0.4, 0.5) is 5.00 Å². The van der Waals surface area contributed by atoms with Gasteiger partial charge < -0.3 is 5.32 Å². The summed E-state index contributed by atoms with van der Waals surface area (Å²) < 4.78 is 0. The number of amides is 1. The number of thiocarbonyl (C=S) groups is 1. The third kappa shape index (κ3) is 2.89. The van der Waals surface area contributed by atoms with Gasteiger partial charge in [0.1, 0.15) is 5.70 Å². The molecule has 1 saturated carbocycles. The Morgan fingerprint density at radius 2 is 2.14 bits per heavy atom. The first-order valence-electron chi connectivity index (χ1n) is 7.15. The molecule has 1 aromatic rings. The highest BCUT2D eigenvalue weighted by Crippen LogP contribution is 2.28. The van der Waals surface area contributed by atoms with Crippen molar-refractivity contribution in [1.82, 2.24) is 10.2 Å². The largest absolute Gasteiger partial charge is 0.328 e. The van der Waals surface area contributed by atoms with Crippen LogP contribution in [0.15, 0.2) is 17.1 Å². The summed E-state index contributed by atoms with van der Waals surface area (Å²) in [5, 5.41) is 15.8. The molecule has 1 amide bonds. The van der Waals surface area contributed by atoms with Crippen LogP contribution in [0, 0.1) is 10.1 Å². The molecule has 2 heterocycles. The molecule has 0 unspecified atom stereocenters. The fourth-order valence-electron chi connectivity index (χ4n) is 2.90. The molecular weight excluding hydrogens is 322 g/mol. The van der Waals surface area contributed by atoms with Crippen molar-refractivity contribution in [2.24, 2.45) is 0 Å². The summed E-state index contributed by atoms with van der Waals surface area (Å²) in [6.45, 7) is 0. The summed E-state index contributed by atoms with van der Waals surface area (Å²) in [4.78, 5) is 24.5. The molecule has 1 aromatic heterocycles. The summed E-state index contributed by atoms with van der Waals surface area (Å²) in [6, 6.07) is 1.63. The molecule has 6 nitrogen and oxygen atoms in total. The van der Waals surface area contributed by atoms with Crippen molar-refractivity contribution in [1.29, 1.82) is 0 Å². The monoisotopic (exact) mass is 337 g/mol. The Morgan fingerprint density at radius 3 is 2.77 bits per heavy atom. The van der Waals surface area contributed by atoms with Gasteiger partial charge in [0.15, 0.2) is 5.11 Å². The molecule has 1 aliphatic heterocycles. The zero-order chi connectivity index (χ0) is 15.7. The van der Waals surface area contributed by atoms with Gasteiger partial charge in [0.2, 0.25) is 0 Å². The minimum atomic E-state index is -0.435. The number of carbonyl (C=O) groups is 1. The maximum Gasteiger partial charge on any atom is 0.324 e. The van der Waals surface area contributed by atoms with Gasteiger partial charge in [-0.15, -0.1) is 0 Å². The Morgan fingerprint density at radius 1 is 1.41 bits per heavy atom. The molecule has 0 spiro atoms. The first-order valence-corrected chi connectivity index (χ1v) is 8.44. The average molecular weight is 337 g/mol. The summed E-state index contributed by atoms with van der Waals surface area (Å²) >= 11 is 6.33. The van der Waals surface area contributed by atoms with Crippen LogP contribution in [-0.2, 0) is 4.79 Å². The number of rotatable bonds is 3. The normalized spacial score (nSPS) is 21.5. The molecule has 0 radical (unpaired) electrons. The Labute approximate surface area is 137 Å². The van der Waals surface area contributed by atoms with E-state index < -0.39 is 4.92 Å². The van der Waals surface area contributed by atoms with Gasteiger partial charge in [-0.3, -0.25) is 19.8 Å². The topological polar surface area (TPSA) is 75.5 Å². The van der Waals surface area contributed by atoms with E-state index in [-0.39, 0.29) is 17.0 Å². The number of carbonyl (C=O) groups excluding carboxylic acids is 1. The molecule has 2 fully saturated rings. The average Bonchev–Trinajstić information content (AvgIpc) is 3.06. The third-order valence-electron chi connectivity index (χ3n) is 3.95. The van der Waals surface area contributed by atoms with Crippen molar-refractivity contribution in [3.63, 3.8) is 0 Å². The van der Waals surface area contributed by atoms with E-state index >= 15 is 0 Å². The molecule has 0 atom stereocenters. The predicted octanol–water partition coefficient (Wildman–Crippen LogP) is 3.05. The van der Waals surface area contributed by atoms with Crippen LogP contribution in [0.2, 0.25) is 0 Å². The highest BCUT2D eigenvalue weighted by Gasteiger charge is 2.36. The lowest BCUT2D eigenvalue weighted by molar-refractivity contribution is -0.380. The first kappa shape index (κ1) is 15.1. The molecule has 1 aliphatic carbocycles. The SMILES string of the molecule is O=C1/C(=C\c2csc([N+](=O)[O-])c2)NC(=S)N1C1CCCCC1. The minimum Gasteiger partial charge on any atom is -0.328 e. The van der Waals surface area contributed by atoms with Crippen LogP contribution >= 0.6 is 23.6 Å². The van der Waals surface area contributed by atoms with E-state index in [1.54, 1.807) is 16.4 Å². The Balaban J connectivity index is 1.80. The zero-order valence-corrected chi connectivity index (χ0v) is 13.4. The summed E-state index contributed by atoms with van der Waals surface area (Å²) in [6.07, 6.45) is 7.02. The van der Waals surface area contributed by atoms with Crippen LogP contribution in [-0.4, -0.2) is 26.9 Å². The third-order valence-corrected chi connectivity index (χ3v) is 5.14. The number of thiophene rings is 1. The summed E-state index contributed by atoms with van der Waals surface area (Å²) in [7, 11) is 0. The van der Waals surface area contributed by atoms with Gasteiger partial charge in [-0.25, -0.2) is 0 Å². The second-order valence-corrected chi connectivity index (χ2v) is 6.71. The van der Waals surface area contributed by atoms with Crippen LogP contribution in [0.1, 0.15) is 37.7 Å². The van der Waals surface area contributed by atoms with Gasteiger partial charge >= 0.3 is 5.00 Å². The Bertz CT molecular complexity index is 662. The van der Waals surface area contributed by atoms with Crippen LogP contribution < -0.4 is 5.32 Å². The number of nitro groups is 1.